The molecule has 0 aromatic carbocycles. The van der Waals surface area contributed by atoms with Crippen molar-refractivity contribution in [2.75, 3.05) is 5.88 Å². The zero-order valence-electron chi connectivity index (χ0n) is 5.60. The number of cyclic esters (lactones) is 1. The zero-order chi connectivity index (χ0) is 7.56. The van der Waals surface area contributed by atoms with E-state index >= 15 is 0 Å². The van der Waals surface area contributed by atoms with E-state index in [1.165, 1.54) is 0 Å². The molecule has 0 N–H and O–H groups in total. The van der Waals surface area contributed by atoms with Crippen LogP contribution in [0.2, 0.25) is 0 Å². The Morgan fingerprint density at radius 2 is 2.60 bits per heavy atom. The molecule has 0 radical (unpaired) electrons. The minimum atomic E-state index is -0.142. The van der Waals surface area contributed by atoms with E-state index in [1.807, 2.05) is 0 Å². The number of alkyl halides is 1. The minimum Gasteiger partial charge on any atom is -0.458 e. The molecule has 1 aliphatic heterocycles. The number of ether oxygens (including phenoxy) is 1. The summed E-state index contributed by atoms with van der Waals surface area (Å²) >= 11 is 5.49. The van der Waals surface area contributed by atoms with Crippen LogP contribution in [-0.2, 0) is 9.53 Å². The van der Waals surface area contributed by atoms with Crippen molar-refractivity contribution >= 4 is 17.6 Å². The molecule has 2 nitrogen and oxygen atoms in total. The summed E-state index contributed by atoms with van der Waals surface area (Å²) in [6.07, 6.45) is 1.12. The molecule has 0 aliphatic carbocycles. The maximum Gasteiger partial charge on any atom is 0.306 e. The summed E-state index contributed by atoms with van der Waals surface area (Å²) < 4.78 is 4.89. The molecule has 3 heteroatoms. The van der Waals surface area contributed by atoms with Crippen LogP contribution in [0.3, 0.4) is 0 Å². The summed E-state index contributed by atoms with van der Waals surface area (Å²) in [5, 5.41) is 0. The highest BCUT2D eigenvalue weighted by atomic mass is 35.5. The van der Waals surface area contributed by atoms with Crippen LogP contribution in [0.1, 0.15) is 12.8 Å². The second-order valence-electron chi connectivity index (χ2n) is 2.31. The van der Waals surface area contributed by atoms with Gasteiger partial charge in [0.2, 0.25) is 0 Å². The van der Waals surface area contributed by atoms with Crippen molar-refractivity contribution in [2.24, 2.45) is 0 Å². The van der Waals surface area contributed by atoms with Crippen LogP contribution in [0, 0.1) is 0 Å². The second kappa shape index (κ2) is 3.06. The van der Waals surface area contributed by atoms with Crippen molar-refractivity contribution in [2.45, 2.75) is 18.9 Å². The Kier molecular flexibility index (Phi) is 2.33. The summed E-state index contributed by atoms with van der Waals surface area (Å²) in [5.74, 6) is 0.231. The molecule has 1 heterocycles. The van der Waals surface area contributed by atoms with Gasteiger partial charge in [0.05, 0.1) is 0 Å². The number of carbonyl (C=O) groups is 1. The van der Waals surface area contributed by atoms with E-state index in [4.69, 9.17) is 16.3 Å². The molecule has 1 saturated heterocycles. The van der Waals surface area contributed by atoms with Gasteiger partial charge in [-0.15, -0.1) is 11.6 Å². The van der Waals surface area contributed by atoms with Crippen LogP contribution in [0.4, 0.5) is 0 Å². The van der Waals surface area contributed by atoms with E-state index < -0.39 is 0 Å². The molecule has 0 unspecified atom stereocenters. The first kappa shape index (κ1) is 7.61. The Hall–Kier alpha value is -0.500. The fourth-order valence-electron chi connectivity index (χ4n) is 0.899. The van der Waals surface area contributed by atoms with Crippen LogP contribution in [0.15, 0.2) is 12.2 Å². The van der Waals surface area contributed by atoms with Crippen molar-refractivity contribution in [3.8, 4) is 0 Å². The largest absolute Gasteiger partial charge is 0.458 e. The van der Waals surface area contributed by atoms with E-state index in [2.05, 4.69) is 6.58 Å². The summed E-state index contributed by atoms with van der Waals surface area (Å²) in [7, 11) is 0. The van der Waals surface area contributed by atoms with Crippen molar-refractivity contribution in [3.05, 3.63) is 12.2 Å². The van der Waals surface area contributed by atoms with Crippen molar-refractivity contribution in [3.63, 3.8) is 0 Å². The predicted octanol–water partition coefficient (Wildman–Crippen LogP) is 1.49. The van der Waals surface area contributed by atoms with E-state index in [1.54, 1.807) is 0 Å². The predicted molar refractivity (Wildman–Crippen MR) is 39.0 cm³/mol. The Morgan fingerprint density at radius 1 is 1.90 bits per heavy atom. The summed E-state index contributed by atoms with van der Waals surface area (Å²) in [6, 6.07) is 0. The van der Waals surface area contributed by atoms with Gasteiger partial charge in [-0.25, -0.2) is 0 Å². The van der Waals surface area contributed by atoms with Gasteiger partial charge in [-0.3, -0.25) is 4.79 Å². The standard InChI is InChI=1S/C7H9ClO2/c1-5(4-8)6-2-3-7(9)10-6/h6H,1-4H2/t6-/m0/s1. The number of carbonyl (C=O) groups excluding carboxylic acids is 1. The number of hydrogen-bond acceptors (Lipinski definition) is 2. The minimum absolute atomic E-state index is 0.120. The van der Waals surface area contributed by atoms with E-state index in [0.717, 1.165) is 12.0 Å². The fourth-order valence-corrected chi connectivity index (χ4v) is 1.07. The number of halogens is 1. The smallest absolute Gasteiger partial charge is 0.306 e. The van der Waals surface area contributed by atoms with Gasteiger partial charge in [-0.1, -0.05) is 6.58 Å². The Bertz CT molecular complexity index is 165. The third-order valence-corrected chi connectivity index (χ3v) is 1.85. The first-order valence-electron chi connectivity index (χ1n) is 3.17. The Balaban J connectivity index is 2.44. The summed E-state index contributed by atoms with van der Waals surface area (Å²) in [5.41, 5.74) is 0.799. The van der Waals surface area contributed by atoms with Gasteiger partial charge in [-0.2, -0.15) is 0 Å². The SMILES string of the molecule is C=C(CCl)[C@@H]1CCC(=O)O1. The van der Waals surface area contributed by atoms with Gasteiger partial charge in [0.15, 0.2) is 0 Å². The molecule has 0 aromatic heterocycles. The molecular weight excluding hydrogens is 152 g/mol. The zero-order valence-corrected chi connectivity index (χ0v) is 6.36. The molecule has 0 saturated carbocycles. The molecule has 10 heavy (non-hydrogen) atoms. The van der Waals surface area contributed by atoms with E-state index in [-0.39, 0.29) is 12.1 Å². The molecule has 1 atom stereocenters. The molecule has 1 fully saturated rings. The normalized spacial score (nSPS) is 24.5. The van der Waals surface area contributed by atoms with Gasteiger partial charge < -0.3 is 4.74 Å². The molecule has 1 aliphatic rings. The highest BCUT2D eigenvalue weighted by Crippen LogP contribution is 2.20. The lowest BCUT2D eigenvalue weighted by Gasteiger charge is -2.08. The highest BCUT2D eigenvalue weighted by molar-refractivity contribution is 6.19. The maximum absolute atomic E-state index is 10.6. The van der Waals surface area contributed by atoms with Crippen molar-refractivity contribution in [1.29, 1.82) is 0 Å². The Morgan fingerprint density at radius 3 is 3.00 bits per heavy atom. The van der Waals surface area contributed by atoms with Gasteiger partial charge in [0.1, 0.15) is 6.10 Å². The lowest BCUT2D eigenvalue weighted by atomic mass is 10.1. The van der Waals surface area contributed by atoms with Crippen LogP contribution in [0.25, 0.3) is 0 Å². The average Bonchev–Trinajstić information content (AvgIpc) is 2.34. The number of hydrogen-bond donors (Lipinski definition) is 0. The van der Waals surface area contributed by atoms with Gasteiger partial charge in [0.25, 0.3) is 0 Å². The Labute approximate surface area is 64.8 Å². The monoisotopic (exact) mass is 160 g/mol. The van der Waals surface area contributed by atoms with E-state index in [0.29, 0.717) is 12.3 Å². The first-order chi connectivity index (χ1) is 4.74. The topological polar surface area (TPSA) is 26.3 Å². The summed E-state index contributed by atoms with van der Waals surface area (Å²) in [6.45, 7) is 3.68. The third kappa shape index (κ3) is 1.51. The van der Waals surface area contributed by atoms with Crippen LogP contribution >= 0.6 is 11.6 Å². The molecule has 56 valence electrons. The number of rotatable bonds is 2. The van der Waals surface area contributed by atoms with Crippen LogP contribution in [0.5, 0.6) is 0 Å². The highest BCUT2D eigenvalue weighted by Gasteiger charge is 2.24. The van der Waals surface area contributed by atoms with Crippen LogP contribution in [-0.4, -0.2) is 18.0 Å². The lowest BCUT2D eigenvalue weighted by molar-refractivity contribution is -0.140. The van der Waals surface area contributed by atoms with Crippen molar-refractivity contribution < 1.29 is 9.53 Å². The van der Waals surface area contributed by atoms with Crippen LogP contribution < -0.4 is 0 Å². The van der Waals surface area contributed by atoms with E-state index in [9.17, 15) is 4.79 Å². The number of esters is 1. The molecule has 0 spiro atoms. The van der Waals surface area contributed by atoms with Gasteiger partial charge in [0, 0.05) is 12.3 Å². The average molecular weight is 161 g/mol. The second-order valence-corrected chi connectivity index (χ2v) is 2.58. The first-order valence-corrected chi connectivity index (χ1v) is 3.70. The molecular formula is C7H9ClO2. The van der Waals surface area contributed by atoms with Gasteiger partial charge in [-0.05, 0) is 12.0 Å². The third-order valence-electron chi connectivity index (χ3n) is 1.51. The van der Waals surface area contributed by atoms with Gasteiger partial charge >= 0.3 is 5.97 Å². The van der Waals surface area contributed by atoms with Crippen molar-refractivity contribution in [1.82, 2.24) is 0 Å². The fraction of sp³-hybridized carbons (Fsp3) is 0.571. The molecule has 0 bridgehead atoms. The molecule has 1 rings (SSSR count). The lowest BCUT2D eigenvalue weighted by Crippen LogP contribution is -2.10. The molecule has 0 aromatic rings. The quantitative estimate of drug-likeness (QED) is 0.348. The summed E-state index contributed by atoms with van der Waals surface area (Å²) in [4.78, 5) is 10.6. The maximum atomic E-state index is 10.6. The molecule has 0 amide bonds.